The zero-order valence-corrected chi connectivity index (χ0v) is 12.7. The van der Waals surface area contributed by atoms with Crippen molar-refractivity contribution in [1.29, 1.82) is 0 Å². The number of halogens is 2. The maximum atomic E-state index is 12.3. The van der Waals surface area contributed by atoms with E-state index in [1.807, 2.05) is 17.0 Å². The molecule has 1 aliphatic heterocycles. The molecule has 4 heteroatoms. The second-order valence-electron chi connectivity index (χ2n) is 4.63. The topological polar surface area (TPSA) is 20.3 Å². The van der Waals surface area contributed by atoms with Crippen molar-refractivity contribution in [3.63, 3.8) is 0 Å². The minimum Gasteiger partial charge on any atom is -0.338 e. The van der Waals surface area contributed by atoms with Crippen LogP contribution < -0.4 is 0 Å². The molecule has 0 saturated carbocycles. The van der Waals surface area contributed by atoms with Crippen LogP contribution in [0, 0.1) is 9.49 Å². The Morgan fingerprint density at radius 2 is 2.29 bits per heavy atom. The fourth-order valence-electron chi connectivity index (χ4n) is 2.19. The highest BCUT2D eigenvalue weighted by molar-refractivity contribution is 14.1. The lowest BCUT2D eigenvalue weighted by Gasteiger charge is -2.31. The van der Waals surface area contributed by atoms with Gasteiger partial charge in [-0.25, -0.2) is 0 Å². The second-order valence-corrected chi connectivity index (χ2v) is 6.20. The predicted molar refractivity (Wildman–Crippen MR) is 78.5 cm³/mol. The van der Waals surface area contributed by atoms with Gasteiger partial charge in [-0.05, 0) is 59.5 Å². The first-order valence-corrected chi connectivity index (χ1v) is 7.28. The van der Waals surface area contributed by atoms with Gasteiger partial charge in [0.05, 0.1) is 5.02 Å². The fourth-order valence-corrected chi connectivity index (χ4v) is 2.82. The Balaban J connectivity index is 2.15. The number of rotatable bonds is 1. The van der Waals surface area contributed by atoms with Crippen molar-refractivity contribution in [3.8, 4) is 0 Å². The first-order chi connectivity index (χ1) is 8.08. The second kappa shape index (κ2) is 5.57. The van der Waals surface area contributed by atoms with Gasteiger partial charge >= 0.3 is 0 Å². The summed E-state index contributed by atoms with van der Waals surface area (Å²) in [5.41, 5.74) is 0.743. The van der Waals surface area contributed by atoms with Crippen molar-refractivity contribution in [2.24, 2.45) is 5.92 Å². The normalized spacial score (nSPS) is 20.4. The molecule has 0 radical (unpaired) electrons. The molecule has 1 fully saturated rings. The number of piperidine rings is 1. The SMILES string of the molecule is CC1CCCN(C(=O)c2ccc(Cl)c(I)c2)C1. The van der Waals surface area contributed by atoms with E-state index in [9.17, 15) is 4.79 Å². The van der Waals surface area contributed by atoms with E-state index < -0.39 is 0 Å². The zero-order chi connectivity index (χ0) is 12.4. The number of nitrogens with zero attached hydrogens (tertiary/aromatic N) is 1. The molecule has 2 rings (SSSR count). The van der Waals surface area contributed by atoms with Crippen LogP contribution in [-0.4, -0.2) is 23.9 Å². The first kappa shape index (κ1) is 13.1. The maximum Gasteiger partial charge on any atom is 0.253 e. The number of hydrogen-bond acceptors (Lipinski definition) is 1. The van der Waals surface area contributed by atoms with E-state index in [4.69, 9.17) is 11.6 Å². The average molecular weight is 364 g/mol. The highest BCUT2D eigenvalue weighted by Gasteiger charge is 2.22. The summed E-state index contributed by atoms with van der Waals surface area (Å²) in [4.78, 5) is 14.2. The number of carbonyl (C=O) groups excluding carboxylic acids is 1. The summed E-state index contributed by atoms with van der Waals surface area (Å²) in [5, 5.41) is 0.703. The Bertz CT molecular complexity index is 435. The number of benzene rings is 1. The molecular formula is C13H15ClINO. The molecular weight excluding hydrogens is 349 g/mol. The van der Waals surface area contributed by atoms with Gasteiger partial charge in [0.2, 0.25) is 0 Å². The zero-order valence-electron chi connectivity index (χ0n) is 9.75. The van der Waals surface area contributed by atoms with Crippen LogP contribution in [0.15, 0.2) is 18.2 Å². The van der Waals surface area contributed by atoms with Gasteiger partial charge in [-0.2, -0.15) is 0 Å². The molecule has 92 valence electrons. The molecule has 1 heterocycles. The van der Waals surface area contributed by atoms with E-state index in [0.717, 1.165) is 28.6 Å². The highest BCUT2D eigenvalue weighted by Crippen LogP contribution is 2.22. The van der Waals surface area contributed by atoms with Crippen molar-refractivity contribution >= 4 is 40.1 Å². The molecule has 0 aliphatic carbocycles. The van der Waals surface area contributed by atoms with E-state index in [2.05, 4.69) is 29.5 Å². The van der Waals surface area contributed by atoms with Crippen LogP contribution in [0.1, 0.15) is 30.1 Å². The van der Waals surface area contributed by atoms with Crippen LogP contribution in [0.3, 0.4) is 0 Å². The summed E-state index contributed by atoms with van der Waals surface area (Å²) in [6, 6.07) is 5.47. The van der Waals surface area contributed by atoms with Crippen molar-refractivity contribution in [1.82, 2.24) is 4.90 Å². The van der Waals surface area contributed by atoms with E-state index in [1.54, 1.807) is 6.07 Å². The Kier molecular flexibility index (Phi) is 4.31. The van der Waals surface area contributed by atoms with E-state index in [-0.39, 0.29) is 5.91 Å². The molecule has 1 aromatic rings. The minimum absolute atomic E-state index is 0.131. The Morgan fingerprint density at radius 3 is 2.94 bits per heavy atom. The summed E-state index contributed by atoms with van der Waals surface area (Å²) >= 11 is 8.12. The molecule has 1 aliphatic rings. The quantitative estimate of drug-likeness (QED) is 0.695. The van der Waals surface area contributed by atoms with Gasteiger partial charge in [0.1, 0.15) is 0 Å². The molecule has 0 bridgehead atoms. The van der Waals surface area contributed by atoms with Crippen LogP contribution in [0.2, 0.25) is 5.02 Å². The molecule has 17 heavy (non-hydrogen) atoms. The van der Waals surface area contributed by atoms with E-state index in [1.165, 1.54) is 6.42 Å². The lowest BCUT2D eigenvalue weighted by molar-refractivity contribution is 0.0683. The summed E-state index contributed by atoms with van der Waals surface area (Å²) in [5.74, 6) is 0.741. The summed E-state index contributed by atoms with van der Waals surface area (Å²) in [7, 11) is 0. The van der Waals surface area contributed by atoms with Crippen molar-refractivity contribution in [2.75, 3.05) is 13.1 Å². The monoisotopic (exact) mass is 363 g/mol. The number of likely N-dealkylation sites (tertiary alicyclic amines) is 1. The van der Waals surface area contributed by atoms with Gasteiger partial charge in [0.15, 0.2) is 0 Å². The Morgan fingerprint density at radius 1 is 1.53 bits per heavy atom. The van der Waals surface area contributed by atoms with Gasteiger partial charge in [-0.15, -0.1) is 0 Å². The molecule has 0 aromatic heterocycles. The number of amides is 1. The number of hydrogen-bond donors (Lipinski definition) is 0. The maximum absolute atomic E-state index is 12.3. The lowest BCUT2D eigenvalue weighted by atomic mass is 9.99. The third-order valence-electron chi connectivity index (χ3n) is 3.11. The van der Waals surface area contributed by atoms with Crippen molar-refractivity contribution in [3.05, 3.63) is 32.4 Å². The average Bonchev–Trinajstić information content (AvgIpc) is 2.32. The number of carbonyl (C=O) groups is 1. The van der Waals surface area contributed by atoms with E-state index >= 15 is 0 Å². The van der Waals surface area contributed by atoms with Gasteiger partial charge < -0.3 is 4.90 Å². The smallest absolute Gasteiger partial charge is 0.253 e. The highest BCUT2D eigenvalue weighted by atomic mass is 127. The third kappa shape index (κ3) is 3.13. The van der Waals surface area contributed by atoms with Crippen molar-refractivity contribution in [2.45, 2.75) is 19.8 Å². The summed E-state index contributed by atoms with van der Waals surface area (Å²) < 4.78 is 0.931. The molecule has 2 nitrogen and oxygen atoms in total. The van der Waals surface area contributed by atoms with Crippen LogP contribution in [0.5, 0.6) is 0 Å². The minimum atomic E-state index is 0.131. The van der Waals surface area contributed by atoms with Crippen LogP contribution in [-0.2, 0) is 0 Å². The summed E-state index contributed by atoms with van der Waals surface area (Å²) in [6.45, 7) is 3.95. The predicted octanol–water partition coefficient (Wildman–Crippen LogP) is 3.82. The molecule has 1 aromatic carbocycles. The van der Waals surface area contributed by atoms with Crippen LogP contribution in [0.4, 0.5) is 0 Å². The molecule has 1 saturated heterocycles. The first-order valence-electron chi connectivity index (χ1n) is 5.82. The van der Waals surface area contributed by atoms with Crippen LogP contribution in [0.25, 0.3) is 0 Å². The lowest BCUT2D eigenvalue weighted by Crippen LogP contribution is -2.39. The molecule has 1 unspecified atom stereocenters. The fraction of sp³-hybridized carbons (Fsp3) is 0.462. The molecule has 1 amide bonds. The molecule has 0 spiro atoms. The Hall–Kier alpha value is -0.290. The standard InChI is InChI=1S/C13H15ClINO/c1-9-3-2-6-16(8-9)13(17)10-4-5-11(14)12(15)7-10/h4-5,7,9H,2-3,6,8H2,1H3. The molecule has 1 atom stereocenters. The van der Waals surface area contributed by atoms with Gasteiger partial charge in [-0.1, -0.05) is 18.5 Å². The van der Waals surface area contributed by atoms with Crippen molar-refractivity contribution < 1.29 is 4.79 Å². The van der Waals surface area contributed by atoms with Gasteiger partial charge in [0.25, 0.3) is 5.91 Å². The van der Waals surface area contributed by atoms with E-state index in [0.29, 0.717) is 10.9 Å². The van der Waals surface area contributed by atoms with Gasteiger partial charge in [0, 0.05) is 22.2 Å². The summed E-state index contributed by atoms with van der Waals surface area (Å²) in [6.07, 6.45) is 2.33. The van der Waals surface area contributed by atoms with Crippen LogP contribution >= 0.6 is 34.2 Å². The van der Waals surface area contributed by atoms with Gasteiger partial charge in [-0.3, -0.25) is 4.79 Å². The molecule has 0 N–H and O–H groups in total. The largest absolute Gasteiger partial charge is 0.338 e. The third-order valence-corrected chi connectivity index (χ3v) is 4.65. The Labute approximate surface area is 120 Å².